The first-order chi connectivity index (χ1) is 18.8. The maximum atomic E-state index is 14.2. The van der Waals surface area contributed by atoms with Crippen molar-refractivity contribution in [1.82, 2.24) is 0 Å². The summed E-state index contributed by atoms with van der Waals surface area (Å²) in [4.78, 5) is 53.4. The molecule has 1 aromatic rings. The summed E-state index contributed by atoms with van der Waals surface area (Å²) in [5.41, 5.74) is 1.16. The van der Waals surface area contributed by atoms with Gasteiger partial charge in [0.2, 0.25) is 0 Å². The van der Waals surface area contributed by atoms with E-state index in [1.165, 1.54) is 0 Å². The molecule has 4 aliphatic carbocycles. The Morgan fingerprint density at radius 2 is 1.68 bits per heavy atom. The van der Waals surface area contributed by atoms with E-state index >= 15 is 0 Å². The van der Waals surface area contributed by atoms with Gasteiger partial charge in [0.05, 0.1) is 11.7 Å². The SMILES string of the molecule is CC(C)C(C)[C@H](OC(=O)c1ccccc1)C(=O)[C@@H](C)[C@H]1CC[C@H]2C3=C([C@H](O)C[C@]12C)[C@@]1(C)CCC(=O)CC1C3=O. The van der Waals surface area contributed by atoms with Crippen molar-refractivity contribution in [3.8, 4) is 0 Å². The van der Waals surface area contributed by atoms with Crippen LogP contribution in [0, 0.1) is 46.3 Å². The van der Waals surface area contributed by atoms with Crippen LogP contribution in [0.2, 0.25) is 0 Å². The van der Waals surface area contributed by atoms with E-state index in [4.69, 9.17) is 4.74 Å². The van der Waals surface area contributed by atoms with E-state index in [1.807, 2.05) is 33.8 Å². The summed E-state index contributed by atoms with van der Waals surface area (Å²) in [5, 5.41) is 11.6. The molecule has 0 heterocycles. The van der Waals surface area contributed by atoms with Gasteiger partial charge in [0.15, 0.2) is 17.7 Å². The molecular formula is C34H44O6. The Labute approximate surface area is 237 Å². The second-order valence-corrected chi connectivity index (χ2v) is 13.9. The number of Topliss-reactive ketones (excluding diaryl/α,β-unsaturated/α-hetero) is 3. The molecule has 0 aromatic heterocycles. The molecule has 0 spiro atoms. The molecule has 40 heavy (non-hydrogen) atoms. The second-order valence-electron chi connectivity index (χ2n) is 13.9. The van der Waals surface area contributed by atoms with Gasteiger partial charge in [-0.05, 0) is 66.6 Å². The summed E-state index contributed by atoms with van der Waals surface area (Å²) in [6.45, 7) is 12.1. The summed E-state index contributed by atoms with van der Waals surface area (Å²) >= 11 is 0. The highest BCUT2D eigenvalue weighted by molar-refractivity contribution is 6.05. The largest absolute Gasteiger partial charge is 0.450 e. The Morgan fingerprint density at radius 1 is 1.00 bits per heavy atom. The monoisotopic (exact) mass is 548 g/mol. The van der Waals surface area contributed by atoms with Gasteiger partial charge in [0.1, 0.15) is 5.78 Å². The standard InChI is InChI=1S/C34H44O6/c1-18(2)19(3)31(40-32(39)21-10-8-7-9-11-21)29(37)20(4)23-12-13-24-27-28(26(36)17-34(23,24)6)33(5)15-14-22(35)16-25(33)30(27)38/h7-11,18-20,23-26,31,36H,12-17H2,1-6H3/t19?,20-,23+,24-,25?,26+,31-,33-,34+/m0/s1. The minimum absolute atomic E-state index is 0.0379. The summed E-state index contributed by atoms with van der Waals surface area (Å²) in [7, 11) is 0. The van der Waals surface area contributed by atoms with E-state index in [9.17, 15) is 24.3 Å². The molecule has 216 valence electrons. The second kappa shape index (κ2) is 10.3. The number of carbonyl (C=O) groups is 4. The van der Waals surface area contributed by atoms with Crippen LogP contribution in [-0.4, -0.2) is 40.6 Å². The van der Waals surface area contributed by atoms with Gasteiger partial charge in [0.25, 0.3) is 0 Å². The Balaban J connectivity index is 1.43. The van der Waals surface area contributed by atoms with Crippen molar-refractivity contribution in [1.29, 1.82) is 0 Å². The zero-order valence-electron chi connectivity index (χ0n) is 24.7. The van der Waals surface area contributed by atoms with Crippen LogP contribution in [0.1, 0.15) is 90.4 Å². The van der Waals surface area contributed by atoms with Crippen LogP contribution in [0.5, 0.6) is 0 Å². The predicted molar refractivity (Wildman–Crippen MR) is 151 cm³/mol. The number of benzene rings is 1. The lowest BCUT2D eigenvalue weighted by Crippen LogP contribution is -2.47. The molecule has 0 amide bonds. The number of ether oxygens (including phenoxy) is 1. The van der Waals surface area contributed by atoms with E-state index in [1.54, 1.807) is 24.3 Å². The number of aliphatic hydroxyl groups excluding tert-OH is 1. The van der Waals surface area contributed by atoms with Gasteiger partial charge >= 0.3 is 5.97 Å². The Hall–Kier alpha value is -2.60. The average molecular weight is 549 g/mol. The van der Waals surface area contributed by atoms with E-state index in [0.717, 1.165) is 24.0 Å². The number of aliphatic hydroxyl groups is 1. The maximum absolute atomic E-state index is 14.2. The molecular weight excluding hydrogens is 504 g/mol. The number of ketones is 3. The van der Waals surface area contributed by atoms with Crippen LogP contribution in [0.15, 0.2) is 41.5 Å². The first kappa shape index (κ1) is 28.9. The molecule has 2 saturated carbocycles. The van der Waals surface area contributed by atoms with Gasteiger partial charge in [-0.15, -0.1) is 0 Å². The fourth-order valence-electron chi connectivity index (χ4n) is 8.74. The van der Waals surface area contributed by atoms with Crippen LogP contribution in [0.4, 0.5) is 0 Å². The fraction of sp³-hybridized carbons (Fsp3) is 0.647. The first-order valence-electron chi connectivity index (χ1n) is 15.1. The molecule has 4 aliphatic rings. The topological polar surface area (TPSA) is 97.7 Å². The number of rotatable bonds is 7. The molecule has 6 heteroatoms. The van der Waals surface area contributed by atoms with Crippen molar-refractivity contribution in [2.75, 3.05) is 0 Å². The van der Waals surface area contributed by atoms with E-state index < -0.39 is 34.9 Å². The van der Waals surface area contributed by atoms with Gasteiger partial charge < -0.3 is 9.84 Å². The molecule has 2 fully saturated rings. The third kappa shape index (κ3) is 4.42. The lowest BCUT2D eigenvalue weighted by molar-refractivity contribution is -0.138. The quantitative estimate of drug-likeness (QED) is 0.435. The number of esters is 1. The molecule has 0 bridgehead atoms. The Morgan fingerprint density at radius 3 is 2.33 bits per heavy atom. The van der Waals surface area contributed by atoms with Crippen molar-refractivity contribution in [3.05, 3.63) is 47.0 Å². The minimum Gasteiger partial charge on any atom is -0.450 e. The molecule has 9 atom stereocenters. The highest BCUT2D eigenvalue weighted by Gasteiger charge is 2.64. The number of hydrogen-bond donors (Lipinski definition) is 1. The van der Waals surface area contributed by atoms with E-state index in [0.29, 0.717) is 24.8 Å². The van der Waals surface area contributed by atoms with Crippen molar-refractivity contribution >= 4 is 23.3 Å². The van der Waals surface area contributed by atoms with Crippen LogP contribution in [-0.2, 0) is 19.1 Å². The predicted octanol–water partition coefficient (Wildman–Crippen LogP) is 5.76. The third-order valence-electron chi connectivity index (χ3n) is 11.4. The van der Waals surface area contributed by atoms with E-state index in [2.05, 4.69) is 13.8 Å². The minimum atomic E-state index is -0.880. The zero-order valence-corrected chi connectivity index (χ0v) is 24.7. The van der Waals surface area contributed by atoms with Gasteiger partial charge in [-0.1, -0.05) is 59.7 Å². The number of allylic oxidation sites excluding steroid dienone is 1. The van der Waals surface area contributed by atoms with Crippen molar-refractivity contribution < 1.29 is 29.0 Å². The fourth-order valence-corrected chi connectivity index (χ4v) is 8.74. The summed E-state index contributed by atoms with van der Waals surface area (Å²) in [5.74, 6) is -1.33. The number of hydrogen-bond acceptors (Lipinski definition) is 6. The van der Waals surface area contributed by atoms with Crippen molar-refractivity contribution in [3.63, 3.8) is 0 Å². The summed E-state index contributed by atoms with van der Waals surface area (Å²) < 4.78 is 5.93. The van der Waals surface area contributed by atoms with Crippen LogP contribution in [0.25, 0.3) is 0 Å². The zero-order chi connectivity index (χ0) is 29.1. The van der Waals surface area contributed by atoms with Gasteiger partial charge in [-0.3, -0.25) is 14.4 Å². The normalized spacial score (nSPS) is 35.6. The molecule has 0 radical (unpaired) electrons. The smallest absolute Gasteiger partial charge is 0.338 e. The highest BCUT2D eigenvalue weighted by Crippen LogP contribution is 2.66. The molecule has 1 aromatic carbocycles. The summed E-state index contributed by atoms with van der Waals surface area (Å²) in [6, 6.07) is 8.76. The first-order valence-corrected chi connectivity index (χ1v) is 15.1. The molecule has 1 N–H and O–H groups in total. The molecule has 6 nitrogen and oxygen atoms in total. The highest BCUT2D eigenvalue weighted by atomic mass is 16.5. The van der Waals surface area contributed by atoms with Gasteiger partial charge in [-0.2, -0.15) is 0 Å². The Bertz CT molecular complexity index is 1250. The van der Waals surface area contributed by atoms with Gasteiger partial charge in [-0.25, -0.2) is 4.79 Å². The lowest BCUT2D eigenvalue weighted by atomic mass is 9.57. The molecule has 2 unspecified atom stereocenters. The Kier molecular flexibility index (Phi) is 7.48. The average Bonchev–Trinajstić information content (AvgIpc) is 3.37. The molecule has 0 aliphatic heterocycles. The maximum Gasteiger partial charge on any atom is 0.338 e. The van der Waals surface area contributed by atoms with E-state index in [-0.39, 0.29) is 53.4 Å². The van der Waals surface area contributed by atoms with Crippen molar-refractivity contribution in [2.45, 2.75) is 92.3 Å². The third-order valence-corrected chi connectivity index (χ3v) is 11.4. The van der Waals surface area contributed by atoms with Crippen molar-refractivity contribution in [2.24, 2.45) is 46.3 Å². The number of fused-ring (bicyclic) bond motifs is 4. The molecule has 0 saturated heterocycles. The number of carbonyl (C=O) groups excluding carboxylic acids is 4. The molecule has 5 rings (SSSR count). The van der Waals surface area contributed by atoms with Crippen LogP contribution in [0.3, 0.4) is 0 Å². The van der Waals surface area contributed by atoms with Crippen LogP contribution >= 0.6 is 0 Å². The van der Waals surface area contributed by atoms with Gasteiger partial charge in [0, 0.05) is 41.6 Å². The summed E-state index contributed by atoms with van der Waals surface area (Å²) in [6.07, 6.45) is 1.73. The van der Waals surface area contributed by atoms with Crippen LogP contribution < -0.4 is 0 Å². The lowest BCUT2D eigenvalue weighted by Gasteiger charge is -2.47.